The molecule has 4 heteroatoms. The minimum atomic E-state index is -0.556. The molecule has 0 N–H and O–H groups in total. The molecule has 5 aromatic carbocycles. The summed E-state index contributed by atoms with van der Waals surface area (Å²) in [6, 6.07) is 37.5. The van der Waals surface area contributed by atoms with Gasteiger partial charge in [0.15, 0.2) is 0 Å². The molecular formula is C35H30Cl2NTi-. The van der Waals surface area contributed by atoms with Crippen LogP contribution in [0.25, 0.3) is 27.7 Å². The molecule has 0 saturated heterocycles. The average Bonchev–Trinajstić information content (AvgIpc) is 3.33. The van der Waals surface area contributed by atoms with Crippen LogP contribution in [0.5, 0.6) is 0 Å². The van der Waals surface area contributed by atoms with Gasteiger partial charge in [-0.3, -0.25) is 0 Å². The van der Waals surface area contributed by atoms with Gasteiger partial charge in [0.2, 0.25) is 0 Å². The molecule has 0 spiro atoms. The molecule has 0 heterocycles. The summed E-state index contributed by atoms with van der Waals surface area (Å²) in [5.74, 6) is 0.179. The number of benzene rings is 5. The van der Waals surface area contributed by atoms with Gasteiger partial charge in [-0.05, 0) is 65.4 Å². The maximum atomic E-state index is 5.23. The van der Waals surface area contributed by atoms with Crippen LogP contribution in [0.4, 0.5) is 5.69 Å². The number of hydrogen-bond acceptors (Lipinski definition) is 0. The Morgan fingerprint density at radius 1 is 0.718 bits per heavy atom. The van der Waals surface area contributed by atoms with Crippen molar-refractivity contribution in [3.63, 3.8) is 0 Å². The normalized spacial score (nSPS) is 13.8. The Morgan fingerprint density at radius 2 is 1.36 bits per heavy atom. The zero-order valence-corrected chi connectivity index (χ0v) is 25.5. The van der Waals surface area contributed by atoms with E-state index in [2.05, 4.69) is 130 Å². The van der Waals surface area contributed by atoms with Crippen molar-refractivity contribution in [3.8, 4) is 0 Å². The molecule has 1 aliphatic rings. The second-order valence-electron chi connectivity index (χ2n) is 10.0. The second kappa shape index (κ2) is 12.6. The van der Waals surface area contributed by atoms with Gasteiger partial charge in [-0.15, -0.1) is 12.2 Å². The predicted octanol–water partition coefficient (Wildman–Crippen LogP) is 11.0. The fraction of sp³-hybridized carbons (Fsp3) is 0.143. The van der Waals surface area contributed by atoms with E-state index in [1.165, 1.54) is 60.9 Å². The van der Waals surface area contributed by atoms with E-state index < -0.39 is 17.0 Å². The van der Waals surface area contributed by atoms with E-state index in [1.807, 2.05) is 0 Å². The van der Waals surface area contributed by atoms with Gasteiger partial charge in [0.25, 0.3) is 0 Å². The van der Waals surface area contributed by atoms with E-state index in [0.717, 1.165) is 5.69 Å². The van der Waals surface area contributed by atoms with E-state index in [0.29, 0.717) is 6.54 Å². The molecular weight excluding hydrogens is 553 g/mol. The Labute approximate surface area is 248 Å². The number of rotatable bonds is 5. The van der Waals surface area contributed by atoms with Crippen LogP contribution in [0, 0.1) is 20.8 Å². The van der Waals surface area contributed by atoms with Crippen LogP contribution in [0.3, 0.4) is 0 Å². The van der Waals surface area contributed by atoms with Gasteiger partial charge in [0.1, 0.15) is 0 Å². The van der Waals surface area contributed by atoms with Gasteiger partial charge in [-0.2, -0.15) is 0 Å². The Balaban J connectivity index is 0.000000983. The van der Waals surface area contributed by atoms with Crippen molar-refractivity contribution in [2.24, 2.45) is 0 Å². The quantitative estimate of drug-likeness (QED) is 0.183. The van der Waals surface area contributed by atoms with Gasteiger partial charge in [0.05, 0.1) is 0 Å². The van der Waals surface area contributed by atoms with E-state index in [4.69, 9.17) is 23.9 Å². The molecule has 5 aromatic rings. The average molecular weight is 583 g/mol. The molecule has 1 aliphatic carbocycles. The van der Waals surface area contributed by atoms with E-state index >= 15 is 0 Å². The molecule has 1 unspecified atom stereocenters. The number of fused-ring (bicyclic) bond motifs is 2. The molecule has 0 amide bonds. The second-order valence-corrected chi connectivity index (χ2v) is 12.6. The third-order valence-electron chi connectivity index (χ3n) is 7.45. The zero-order valence-electron chi connectivity index (χ0n) is 22.4. The minimum absolute atomic E-state index is 0.179. The Kier molecular flexibility index (Phi) is 8.95. The Bertz CT molecular complexity index is 1620. The third-order valence-corrected chi connectivity index (χ3v) is 7.45. The van der Waals surface area contributed by atoms with Crippen molar-refractivity contribution in [3.05, 3.63) is 153 Å². The van der Waals surface area contributed by atoms with Crippen molar-refractivity contribution in [1.82, 2.24) is 0 Å². The summed E-state index contributed by atoms with van der Waals surface area (Å²) in [7, 11) is 9.78. The molecule has 6 rings (SSSR count). The van der Waals surface area contributed by atoms with E-state index in [-0.39, 0.29) is 5.92 Å². The number of hydrogen-bond donors (Lipinski definition) is 0. The summed E-state index contributed by atoms with van der Waals surface area (Å²) in [5.41, 5.74) is 12.9. The predicted molar refractivity (Wildman–Crippen MR) is 166 cm³/mol. The van der Waals surface area contributed by atoms with Crippen molar-refractivity contribution in [2.45, 2.75) is 33.2 Å². The molecule has 1 nitrogen and oxygen atoms in total. The van der Waals surface area contributed by atoms with Crippen LogP contribution in [-0.4, -0.2) is 0 Å². The first-order valence-corrected chi connectivity index (χ1v) is 17.4. The van der Waals surface area contributed by atoms with Crippen molar-refractivity contribution in [2.75, 3.05) is 0 Å². The van der Waals surface area contributed by atoms with Gasteiger partial charge in [-0.1, -0.05) is 125 Å². The molecule has 0 aliphatic heterocycles. The molecule has 1 atom stereocenters. The molecule has 0 aromatic heterocycles. The number of aryl methyl sites for hydroxylation is 3. The SMILES string of the molecule is Cc1cc(C)c([N-]Cc2c(C3C(c4ccccc4)=Cc4ccccc43)ccc3ccccc23)c(C)c1.[Cl][Ti][Cl]. The fourth-order valence-corrected chi connectivity index (χ4v) is 5.92. The molecule has 0 radical (unpaired) electrons. The Hall–Kier alpha value is -2.81. The topological polar surface area (TPSA) is 14.1 Å². The summed E-state index contributed by atoms with van der Waals surface area (Å²) < 4.78 is 0. The molecule has 0 fully saturated rings. The van der Waals surface area contributed by atoms with Crippen LogP contribution in [-0.2, 0) is 23.6 Å². The first-order chi connectivity index (χ1) is 19.0. The van der Waals surface area contributed by atoms with Gasteiger partial charge < -0.3 is 5.32 Å². The number of halogens is 2. The molecule has 194 valence electrons. The van der Waals surface area contributed by atoms with Gasteiger partial charge in [0, 0.05) is 5.92 Å². The summed E-state index contributed by atoms with van der Waals surface area (Å²) in [6.07, 6.45) is 2.37. The summed E-state index contributed by atoms with van der Waals surface area (Å²) in [4.78, 5) is 0. The fourth-order valence-electron chi connectivity index (χ4n) is 5.92. The monoisotopic (exact) mass is 582 g/mol. The standard InChI is InChI=1S/C35H30N.2ClH.Ti/c1-23-19-24(2)35(25(3)20-23)36-22-33-29-15-9-7-13-27(29)17-18-31(33)34-30-16-10-8-14-28(30)21-32(34)26-11-5-4-6-12-26;;;/h4-21,34H,22H2,1-3H3;2*1H;/q-1;;;+2/p-2. The summed E-state index contributed by atoms with van der Waals surface area (Å²) in [5, 5.41) is 7.79. The summed E-state index contributed by atoms with van der Waals surface area (Å²) >= 11 is -0.556. The maximum absolute atomic E-state index is 5.23. The van der Waals surface area contributed by atoms with Crippen molar-refractivity contribution in [1.29, 1.82) is 0 Å². The van der Waals surface area contributed by atoms with Crippen LogP contribution in [0.15, 0.2) is 103 Å². The number of allylic oxidation sites excluding steroid dienone is 1. The van der Waals surface area contributed by atoms with Crippen LogP contribution in [0.2, 0.25) is 0 Å². The van der Waals surface area contributed by atoms with Crippen LogP contribution >= 0.6 is 18.6 Å². The van der Waals surface area contributed by atoms with E-state index in [1.54, 1.807) is 0 Å². The third kappa shape index (κ3) is 5.88. The van der Waals surface area contributed by atoms with Crippen molar-refractivity contribution >= 4 is 46.7 Å². The zero-order chi connectivity index (χ0) is 27.4. The summed E-state index contributed by atoms with van der Waals surface area (Å²) in [6.45, 7) is 7.16. The first kappa shape index (κ1) is 27.7. The Morgan fingerprint density at radius 3 is 2.10 bits per heavy atom. The van der Waals surface area contributed by atoms with Gasteiger partial charge >= 0.3 is 35.6 Å². The van der Waals surface area contributed by atoms with E-state index in [9.17, 15) is 0 Å². The van der Waals surface area contributed by atoms with Crippen LogP contribution < -0.4 is 0 Å². The van der Waals surface area contributed by atoms with Crippen LogP contribution in [0.1, 0.15) is 50.4 Å². The van der Waals surface area contributed by atoms with Crippen molar-refractivity contribution < 1.29 is 17.0 Å². The molecule has 0 saturated carbocycles. The molecule has 39 heavy (non-hydrogen) atoms. The first-order valence-electron chi connectivity index (χ1n) is 13.1. The number of nitrogens with zero attached hydrogens (tertiary/aromatic N) is 1. The van der Waals surface area contributed by atoms with Gasteiger partial charge in [-0.25, -0.2) is 0 Å². The molecule has 0 bridgehead atoms.